The molecule has 0 amide bonds. The van der Waals surface area contributed by atoms with E-state index in [1.165, 1.54) is 25.8 Å². The van der Waals surface area contributed by atoms with E-state index in [1.807, 2.05) is 7.05 Å². The van der Waals surface area contributed by atoms with Gasteiger partial charge in [0.15, 0.2) is 5.82 Å². The molecule has 0 aromatic carbocycles. The third-order valence-electron chi connectivity index (χ3n) is 3.33. The summed E-state index contributed by atoms with van der Waals surface area (Å²) in [6.45, 7) is 3.21. The quantitative estimate of drug-likeness (QED) is 0.785. The minimum Gasteiger partial charge on any atom is -0.310 e. The molecule has 0 radical (unpaired) electrons. The van der Waals surface area contributed by atoms with Crippen LogP contribution in [0.1, 0.15) is 25.1 Å². The van der Waals surface area contributed by atoms with Crippen molar-refractivity contribution in [1.82, 2.24) is 25.0 Å². The minimum absolute atomic E-state index is 0.691. The third-order valence-corrected chi connectivity index (χ3v) is 3.33. The average Bonchev–Trinajstić information content (AvgIpc) is 2.80. The van der Waals surface area contributed by atoms with Gasteiger partial charge in [-0.15, -0.1) is 0 Å². The normalized spacial score (nSPS) is 26.4. The van der Waals surface area contributed by atoms with E-state index < -0.39 is 0 Å². The molecule has 16 heavy (non-hydrogen) atoms. The Balaban J connectivity index is 1.49. The van der Waals surface area contributed by atoms with Gasteiger partial charge in [0.25, 0.3) is 0 Å². The molecule has 1 aromatic heterocycles. The Bertz CT molecular complexity index is 357. The van der Waals surface area contributed by atoms with Crippen LogP contribution in [0.25, 0.3) is 0 Å². The van der Waals surface area contributed by atoms with E-state index in [0.717, 1.165) is 25.0 Å². The molecule has 5 nitrogen and oxygen atoms in total. The zero-order chi connectivity index (χ0) is 11.0. The second kappa shape index (κ2) is 4.14. The maximum Gasteiger partial charge on any atom is 0.164 e. The maximum absolute atomic E-state index is 4.32. The van der Waals surface area contributed by atoms with Crippen molar-refractivity contribution in [1.29, 1.82) is 0 Å². The number of hydrogen-bond donors (Lipinski definition) is 1. The van der Waals surface area contributed by atoms with Crippen LogP contribution in [0.3, 0.4) is 0 Å². The summed E-state index contributed by atoms with van der Waals surface area (Å²) in [5.41, 5.74) is 0. The third kappa shape index (κ3) is 2.41. The van der Waals surface area contributed by atoms with Crippen molar-refractivity contribution in [3.63, 3.8) is 0 Å². The van der Waals surface area contributed by atoms with Crippen LogP contribution >= 0.6 is 0 Å². The summed E-state index contributed by atoms with van der Waals surface area (Å²) in [6.07, 6.45) is 5.78. The van der Waals surface area contributed by atoms with Crippen LogP contribution in [0.2, 0.25) is 0 Å². The summed E-state index contributed by atoms with van der Waals surface area (Å²) in [6, 6.07) is 1.51. The Hall–Kier alpha value is -0.940. The molecule has 1 aliphatic heterocycles. The lowest BCUT2D eigenvalue weighted by Gasteiger charge is -2.14. The minimum atomic E-state index is 0.691. The molecule has 88 valence electrons. The average molecular weight is 221 g/mol. The van der Waals surface area contributed by atoms with E-state index >= 15 is 0 Å². The molecule has 1 aromatic rings. The molecular weight excluding hydrogens is 202 g/mol. The van der Waals surface area contributed by atoms with Gasteiger partial charge in [0.2, 0.25) is 0 Å². The van der Waals surface area contributed by atoms with Gasteiger partial charge in [-0.25, -0.2) is 4.98 Å². The van der Waals surface area contributed by atoms with E-state index in [4.69, 9.17) is 0 Å². The molecule has 5 heteroatoms. The Kier molecular flexibility index (Phi) is 2.65. The number of aromatic nitrogens is 3. The van der Waals surface area contributed by atoms with Gasteiger partial charge in [-0.2, -0.15) is 5.10 Å². The van der Waals surface area contributed by atoms with Crippen LogP contribution in [0.15, 0.2) is 6.33 Å². The van der Waals surface area contributed by atoms with Gasteiger partial charge in [0, 0.05) is 32.2 Å². The first-order valence-corrected chi connectivity index (χ1v) is 6.12. The summed E-state index contributed by atoms with van der Waals surface area (Å²) in [4.78, 5) is 6.71. The first kappa shape index (κ1) is 10.2. The summed E-state index contributed by atoms with van der Waals surface area (Å²) in [5, 5.41) is 8.00. The van der Waals surface area contributed by atoms with Crippen LogP contribution in [-0.2, 0) is 13.6 Å². The SMILES string of the molecule is Cn1cnc(CN2CCC(NC3CC3)C2)n1. The number of aryl methyl sites for hydroxylation is 1. The van der Waals surface area contributed by atoms with Crippen molar-refractivity contribution in [2.24, 2.45) is 7.05 Å². The van der Waals surface area contributed by atoms with E-state index in [2.05, 4.69) is 20.3 Å². The molecule has 1 N–H and O–H groups in total. The second-order valence-electron chi connectivity index (χ2n) is 5.00. The summed E-state index contributed by atoms with van der Waals surface area (Å²) in [7, 11) is 1.91. The van der Waals surface area contributed by atoms with Crippen LogP contribution in [0, 0.1) is 0 Å². The van der Waals surface area contributed by atoms with Gasteiger partial charge in [0.1, 0.15) is 6.33 Å². The number of hydrogen-bond acceptors (Lipinski definition) is 4. The van der Waals surface area contributed by atoms with E-state index in [0.29, 0.717) is 6.04 Å². The Morgan fingerprint density at radius 1 is 1.38 bits per heavy atom. The first-order valence-electron chi connectivity index (χ1n) is 6.12. The van der Waals surface area contributed by atoms with Crippen LogP contribution in [0.5, 0.6) is 0 Å². The molecule has 2 heterocycles. The summed E-state index contributed by atoms with van der Waals surface area (Å²) < 4.78 is 1.77. The van der Waals surface area contributed by atoms with Crippen molar-refractivity contribution < 1.29 is 0 Å². The summed E-state index contributed by atoms with van der Waals surface area (Å²) in [5.74, 6) is 0.939. The second-order valence-corrected chi connectivity index (χ2v) is 5.00. The maximum atomic E-state index is 4.32. The van der Waals surface area contributed by atoms with Gasteiger partial charge >= 0.3 is 0 Å². The molecule has 0 bridgehead atoms. The van der Waals surface area contributed by atoms with Crippen molar-refractivity contribution in [3.8, 4) is 0 Å². The molecule has 2 fully saturated rings. The standard InChI is InChI=1S/C11H19N5/c1-15-8-12-11(14-15)7-16-5-4-10(6-16)13-9-2-3-9/h8-10,13H,2-7H2,1H3. The molecular formula is C11H19N5. The molecule has 1 saturated carbocycles. The molecule has 1 unspecified atom stereocenters. The Labute approximate surface area is 95.8 Å². The lowest BCUT2D eigenvalue weighted by molar-refractivity contribution is 0.311. The van der Waals surface area contributed by atoms with E-state index in [-0.39, 0.29) is 0 Å². The molecule has 0 spiro atoms. The van der Waals surface area contributed by atoms with Crippen LogP contribution < -0.4 is 5.32 Å². The molecule has 2 aliphatic rings. The lowest BCUT2D eigenvalue weighted by atomic mass is 10.2. The fourth-order valence-electron chi connectivity index (χ4n) is 2.35. The first-order chi connectivity index (χ1) is 7.79. The highest BCUT2D eigenvalue weighted by molar-refractivity contribution is 4.91. The van der Waals surface area contributed by atoms with Crippen molar-refractivity contribution in [2.75, 3.05) is 13.1 Å². The molecule has 1 saturated heterocycles. The zero-order valence-electron chi connectivity index (χ0n) is 9.76. The highest BCUT2D eigenvalue weighted by Gasteiger charge is 2.29. The number of nitrogens with one attached hydrogen (secondary N) is 1. The van der Waals surface area contributed by atoms with Crippen molar-refractivity contribution in [2.45, 2.75) is 37.9 Å². The Morgan fingerprint density at radius 2 is 2.25 bits per heavy atom. The smallest absolute Gasteiger partial charge is 0.164 e. The molecule has 3 rings (SSSR count). The highest BCUT2D eigenvalue weighted by Crippen LogP contribution is 2.22. The van der Waals surface area contributed by atoms with Crippen LogP contribution in [-0.4, -0.2) is 44.8 Å². The van der Waals surface area contributed by atoms with Crippen LogP contribution in [0.4, 0.5) is 0 Å². The fraction of sp³-hybridized carbons (Fsp3) is 0.818. The number of rotatable bonds is 4. The predicted octanol–water partition coefficient (Wildman–Crippen LogP) is 0.141. The topological polar surface area (TPSA) is 46.0 Å². The predicted molar refractivity (Wildman–Crippen MR) is 60.8 cm³/mol. The lowest BCUT2D eigenvalue weighted by Crippen LogP contribution is -2.33. The zero-order valence-corrected chi connectivity index (χ0v) is 9.76. The van der Waals surface area contributed by atoms with Gasteiger partial charge in [-0.05, 0) is 19.3 Å². The fourth-order valence-corrected chi connectivity index (χ4v) is 2.35. The van der Waals surface area contributed by atoms with Gasteiger partial charge in [-0.1, -0.05) is 0 Å². The van der Waals surface area contributed by atoms with Crippen molar-refractivity contribution >= 4 is 0 Å². The van der Waals surface area contributed by atoms with E-state index in [1.54, 1.807) is 11.0 Å². The summed E-state index contributed by atoms with van der Waals surface area (Å²) >= 11 is 0. The largest absolute Gasteiger partial charge is 0.310 e. The van der Waals surface area contributed by atoms with Gasteiger partial charge in [-0.3, -0.25) is 9.58 Å². The highest BCUT2D eigenvalue weighted by atomic mass is 15.3. The Morgan fingerprint density at radius 3 is 2.94 bits per heavy atom. The van der Waals surface area contributed by atoms with Crippen molar-refractivity contribution in [3.05, 3.63) is 12.2 Å². The molecule has 1 aliphatic carbocycles. The van der Waals surface area contributed by atoms with Gasteiger partial charge < -0.3 is 5.32 Å². The van der Waals surface area contributed by atoms with Gasteiger partial charge in [0.05, 0.1) is 6.54 Å². The number of likely N-dealkylation sites (tertiary alicyclic amines) is 1. The monoisotopic (exact) mass is 221 g/mol. The molecule has 1 atom stereocenters. The van der Waals surface area contributed by atoms with E-state index in [9.17, 15) is 0 Å². The number of nitrogens with zero attached hydrogens (tertiary/aromatic N) is 4.